The zero-order chi connectivity index (χ0) is 25.5. The van der Waals surface area contributed by atoms with Gasteiger partial charge in [-0.2, -0.15) is 0 Å². The number of anilines is 1. The molecule has 2 unspecified atom stereocenters. The molecule has 2 aliphatic heterocycles. The Morgan fingerprint density at radius 2 is 1.84 bits per heavy atom. The van der Waals surface area contributed by atoms with Gasteiger partial charge in [0.15, 0.2) is 5.76 Å². The number of para-hydroxylation sites is 3. The van der Waals surface area contributed by atoms with E-state index in [-0.39, 0.29) is 5.91 Å². The maximum atomic E-state index is 13.3. The van der Waals surface area contributed by atoms with Gasteiger partial charge in [-0.3, -0.25) is 4.79 Å². The van der Waals surface area contributed by atoms with Crippen molar-refractivity contribution in [1.82, 2.24) is 15.4 Å². The molecule has 2 saturated heterocycles. The predicted molar refractivity (Wildman–Crippen MR) is 142 cm³/mol. The van der Waals surface area contributed by atoms with Crippen LogP contribution in [0.1, 0.15) is 24.3 Å². The number of hydrogen-bond donors (Lipinski definition) is 1. The number of amides is 1. The van der Waals surface area contributed by atoms with Crippen LogP contribution < -0.4 is 19.7 Å². The Hall–Kier alpha value is -3.52. The monoisotopic (exact) mass is 504 g/mol. The van der Waals surface area contributed by atoms with E-state index >= 15 is 0 Å². The molecule has 1 aromatic heterocycles. The Morgan fingerprint density at radius 1 is 1.05 bits per heavy atom. The summed E-state index contributed by atoms with van der Waals surface area (Å²) in [6.45, 7) is 5.29. The fraction of sp³-hybridized carbons (Fsp3) is 0.448. The molecule has 8 heteroatoms. The van der Waals surface area contributed by atoms with Crippen molar-refractivity contribution in [2.24, 2.45) is 11.8 Å². The molecule has 2 atom stereocenters. The van der Waals surface area contributed by atoms with Crippen LogP contribution in [0, 0.1) is 11.8 Å². The Labute approximate surface area is 218 Å². The standard InChI is InChI=1S/C29H36N4O4/c1-35-28-10-6-5-9-27(28)32-13-15-33(16-14-32)29(34)18-22-11-12-30-20-23(22)17-24-19-26(37-31-24)21-36-25-7-3-2-4-8-25/h2-10,19,22-23,30H,11-18,20-21H2,1H3. The summed E-state index contributed by atoms with van der Waals surface area (Å²) < 4.78 is 16.8. The van der Waals surface area contributed by atoms with Gasteiger partial charge < -0.3 is 29.1 Å². The molecule has 196 valence electrons. The number of piperazine rings is 1. The number of nitrogens with zero attached hydrogens (tertiary/aromatic N) is 3. The average molecular weight is 505 g/mol. The SMILES string of the molecule is COc1ccccc1N1CCN(C(=O)CC2CCNCC2Cc2cc(COc3ccccc3)on2)CC1. The highest BCUT2D eigenvalue weighted by molar-refractivity contribution is 5.77. The zero-order valence-corrected chi connectivity index (χ0v) is 21.5. The average Bonchev–Trinajstić information content (AvgIpc) is 3.41. The minimum Gasteiger partial charge on any atom is -0.495 e. The van der Waals surface area contributed by atoms with Gasteiger partial charge in [-0.25, -0.2) is 0 Å². The first-order chi connectivity index (χ1) is 18.2. The third-order valence-corrected chi connectivity index (χ3v) is 7.46. The normalized spacial score (nSPS) is 20.0. The van der Waals surface area contributed by atoms with Crippen molar-refractivity contribution in [2.45, 2.75) is 25.9 Å². The van der Waals surface area contributed by atoms with Gasteiger partial charge >= 0.3 is 0 Å². The summed E-state index contributed by atoms with van der Waals surface area (Å²) in [4.78, 5) is 17.6. The Kier molecular flexibility index (Phi) is 8.25. The van der Waals surface area contributed by atoms with Crippen LogP contribution in [0.25, 0.3) is 0 Å². The maximum Gasteiger partial charge on any atom is 0.222 e. The highest BCUT2D eigenvalue weighted by Crippen LogP contribution is 2.30. The second-order valence-corrected chi connectivity index (χ2v) is 9.85. The molecule has 3 heterocycles. The molecular formula is C29H36N4O4. The summed E-state index contributed by atoms with van der Waals surface area (Å²) in [6, 6.07) is 19.7. The summed E-state index contributed by atoms with van der Waals surface area (Å²) >= 11 is 0. The van der Waals surface area contributed by atoms with Crippen molar-refractivity contribution in [2.75, 3.05) is 51.3 Å². The van der Waals surface area contributed by atoms with Crippen molar-refractivity contribution in [3.63, 3.8) is 0 Å². The van der Waals surface area contributed by atoms with Crippen LogP contribution >= 0.6 is 0 Å². The second-order valence-electron chi connectivity index (χ2n) is 9.85. The van der Waals surface area contributed by atoms with E-state index in [2.05, 4.69) is 21.4 Å². The third-order valence-electron chi connectivity index (χ3n) is 7.46. The van der Waals surface area contributed by atoms with Gasteiger partial charge in [-0.05, 0) is 62.0 Å². The van der Waals surface area contributed by atoms with E-state index in [1.165, 1.54) is 0 Å². The quantitative estimate of drug-likeness (QED) is 0.475. The number of carbonyl (C=O) groups is 1. The van der Waals surface area contributed by atoms with Crippen molar-refractivity contribution in [1.29, 1.82) is 0 Å². The minimum atomic E-state index is 0.258. The molecule has 1 amide bonds. The Balaban J connectivity index is 1.12. The first kappa shape index (κ1) is 25.1. The third kappa shape index (κ3) is 6.43. The maximum absolute atomic E-state index is 13.3. The van der Waals surface area contributed by atoms with Crippen LogP contribution in [0.3, 0.4) is 0 Å². The molecule has 0 aliphatic carbocycles. The number of nitrogens with one attached hydrogen (secondary N) is 1. The Morgan fingerprint density at radius 3 is 2.65 bits per heavy atom. The number of rotatable bonds is 9. The van der Waals surface area contributed by atoms with Crippen molar-refractivity contribution in [3.8, 4) is 11.5 Å². The summed E-state index contributed by atoms with van der Waals surface area (Å²) in [5.74, 6) is 3.33. The molecule has 8 nitrogen and oxygen atoms in total. The van der Waals surface area contributed by atoms with Gasteiger partial charge in [0.1, 0.15) is 18.1 Å². The zero-order valence-electron chi connectivity index (χ0n) is 21.5. The molecule has 0 bridgehead atoms. The number of ether oxygens (including phenoxy) is 2. The predicted octanol–water partition coefficient (Wildman–Crippen LogP) is 3.77. The van der Waals surface area contributed by atoms with Gasteiger partial charge in [0.2, 0.25) is 5.91 Å². The highest BCUT2D eigenvalue weighted by atomic mass is 16.5. The lowest BCUT2D eigenvalue weighted by Gasteiger charge is -2.38. The van der Waals surface area contributed by atoms with E-state index in [0.717, 1.165) is 75.0 Å². The van der Waals surface area contributed by atoms with Crippen LogP contribution in [-0.2, 0) is 17.8 Å². The summed E-state index contributed by atoms with van der Waals surface area (Å²) in [6.07, 6.45) is 2.38. The van der Waals surface area contributed by atoms with Crippen LogP contribution in [-0.4, -0.2) is 62.3 Å². The van der Waals surface area contributed by atoms with Crippen LogP contribution in [0.4, 0.5) is 5.69 Å². The Bertz CT molecular complexity index is 1140. The number of piperidine rings is 1. The lowest BCUT2D eigenvalue weighted by molar-refractivity contribution is -0.133. The van der Waals surface area contributed by atoms with E-state index < -0.39 is 0 Å². The first-order valence-electron chi connectivity index (χ1n) is 13.2. The van der Waals surface area contributed by atoms with Crippen LogP contribution in [0.2, 0.25) is 0 Å². The molecule has 37 heavy (non-hydrogen) atoms. The van der Waals surface area contributed by atoms with E-state index in [1.807, 2.05) is 59.5 Å². The summed E-state index contributed by atoms with van der Waals surface area (Å²) in [5, 5.41) is 7.78. The van der Waals surface area contributed by atoms with Gasteiger partial charge in [-0.1, -0.05) is 35.5 Å². The molecule has 2 fully saturated rings. The van der Waals surface area contributed by atoms with Gasteiger partial charge in [0.25, 0.3) is 0 Å². The first-order valence-corrected chi connectivity index (χ1v) is 13.2. The number of benzene rings is 2. The van der Waals surface area contributed by atoms with Gasteiger partial charge in [0, 0.05) is 38.7 Å². The smallest absolute Gasteiger partial charge is 0.222 e. The summed E-state index contributed by atoms with van der Waals surface area (Å²) in [7, 11) is 1.70. The largest absolute Gasteiger partial charge is 0.495 e. The second kappa shape index (κ2) is 12.1. The molecule has 2 aliphatic rings. The number of hydrogen-bond acceptors (Lipinski definition) is 7. The van der Waals surface area contributed by atoms with E-state index in [1.54, 1.807) is 7.11 Å². The fourth-order valence-corrected chi connectivity index (χ4v) is 5.39. The molecule has 0 radical (unpaired) electrons. The molecule has 2 aromatic carbocycles. The van der Waals surface area contributed by atoms with Crippen molar-refractivity contribution in [3.05, 3.63) is 72.1 Å². The van der Waals surface area contributed by atoms with Gasteiger partial charge in [-0.15, -0.1) is 0 Å². The fourth-order valence-electron chi connectivity index (χ4n) is 5.39. The van der Waals surface area contributed by atoms with Crippen molar-refractivity contribution >= 4 is 11.6 Å². The van der Waals surface area contributed by atoms with Crippen LogP contribution in [0.15, 0.2) is 65.2 Å². The number of carbonyl (C=O) groups excluding carboxylic acids is 1. The number of aromatic nitrogens is 1. The molecule has 3 aromatic rings. The topological polar surface area (TPSA) is 80.1 Å². The van der Waals surface area contributed by atoms with E-state index in [9.17, 15) is 4.79 Å². The van der Waals surface area contributed by atoms with Gasteiger partial charge in [0.05, 0.1) is 18.5 Å². The lowest BCUT2D eigenvalue weighted by Crippen LogP contribution is -2.50. The molecule has 5 rings (SSSR count). The molecular weight excluding hydrogens is 468 g/mol. The van der Waals surface area contributed by atoms with Crippen LogP contribution in [0.5, 0.6) is 11.5 Å². The molecule has 0 saturated carbocycles. The summed E-state index contributed by atoms with van der Waals surface area (Å²) in [5.41, 5.74) is 2.01. The molecule has 1 N–H and O–H groups in total. The number of methoxy groups -OCH3 is 1. The van der Waals surface area contributed by atoms with E-state index in [0.29, 0.717) is 30.6 Å². The minimum absolute atomic E-state index is 0.258. The van der Waals surface area contributed by atoms with Crippen molar-refractivity contribution < 1.29 is 18.8 Å². The van der Waals surface area contributed by atoms with E-state index in [4.69, 9.17) is 14.0 Å². The highest BCUT2D eigenvalue weighted by Gasteiger charge is 2.31. The molecule has 0 spiro atoms. The lowest BCUT2D eigenvalue weighted by atomic mass is 9.81.